The number of carbonyl (C=O) groups is 1. The molecule has 0 aliphatic rings. The second-order valence-electron chi connectivity index (χ2n) is 1.06. The molecule has 0 spiro atoms. The van der Waals surface area contributed by atoms with Crippen LogP contribution in [-0.2, 0) is 4.79 Å². The summed E-state index contributed by atoms with van der Waals surface area (Å²) >= 11 is 3.64. The molecule has 0 unspecified atom stereocenters. The number of carbonyl (C=O) groups excluding carboxylic acids is 1. The number of thiol groups is 1. The summed E-state index contributed by atoms with van der Waals surface area (Å²) in [5.41, 5.74) is 5.00. The first kappa shape index (κ1) is 6.78. The molecule has 0 aromatic heterocycles. The lowest BCUT2D eigenvalue weighted by Crippen LogP contribution is -2.34. The maximum absolute atomic E-state index is 10.2. The first-order chi connectivity index (χ1) is 3.18. The van der Waals surface area contributed by atoms with E-state index in [1.54, 1.807) is 0 Å². The summed E-state index contributed by atoms with van der Waals surface area (Å²) in [5.74, 6) is -0.261. The van der Waals surface area contributed by atoms with Gasteiger partial charge in [0, 0.05) is 7.05 Å². The van der Waals surface area contributed by atoms with Crippen LogP contribution < -0.4 is 11.1 Å². The molecule has 0 radical (unpaired) electrons. The molecule has 0 saturated heterocycles. The summed E-state index contributed by atoms with van der Waals surface area (Å²) in [6.07, 6.45) is 0. The zero-order valence-corrected chi connectivity index (χ0v) is 4.90. The minimum atomic E-state index is -0.690. The molecule has 3 N–H and O–H groups in total. The average Bonchev–Trinajstić information content (AvgIpc) is 1.65. The fourth-order valence-electron chi connectivity index (χ4n) is 0.148. The minimum absolute atomic E-state index is 0.261. The van der Waals surface area contributed by atoms with Gasteiger partial charge in [0.05, 0.1) is 0 Å². The molecule has 3 nitrogen and oxygen atoms in total. The molecule has 1 amide bonds. The van der Waals surface area contributed by atoms with E-state index in [1.807, 2.05) is 0 Å². The van der Waals surface area contributed by atoms with Crippen LogP contribution in [0.15, 0.2) is 0 Å². The zero-order valence-electron chi connectivity index (χ0n) is 4.01. The van der Waals surface area contributed by atoms with Crippen LogP contribution >= 0.6 is 12.6 Å². The maximum Gasteiger partial charge on any atom is 0.246 e. The number of nitrogens with two attached hydrogens (primary N) is 1. The molecule has 0 bridgehead atoms. The zero-order chi connectivity index (χ0) is 5.86. The van der Waals surface area contributed by atoms with Gasteiger partial charge in [0.2, 0.25) is 5.91 Å². The Morgan fingerprint density at radius 2 is 2.43 bits per heavy atom. The second kappa shape index (κ2) is 2.87. The van der Waals surface area contributed by atoms with Crippen molar-refractivity contribution in [1.82, 2.24) is 5.32 Å². The van der Waals surface area contributed by atoms with Crippen LogP contribution in [0.3, 0.4) is 0 Å². The smallest absolute Gasteiger partial charge is 0.246 e. The average molecular weight is 120 g/mol. The largest absolute Gasteiger partial charge is 0.357 e. The lowest BCUT2D eigenvalue weighted by atomic mass is 10.6. The highest BCUT2D eigenvalue weighted by Crippen LogP contribution is 1.79. The Hall–Kier alpha value is -0.220. The van der Waals surface area contributed by atoms with Crippen molar-refractivity contribution in [2.45, 2.75) is 5.37 Å². The normalized spacial score (nSPS) is 13.0. The summed E-state index contributed by atoms with van der Waals surface area (Å²) in [6, 6.07) is 0. The summed E-state index contributed by atoms with van der Waals surface area (Å²) < 4.78 is 0. The third-order valence-electron chi connectivity index (χ3n) is 0.515. The van der Waals surface area contributed by atoms with Crippen molar-refractivity contribution in [3.8, 4) is 0 Å². The van der Waals surface area contributed by atoms with E-state index < -0.39 is 5.37 Å². The summed E-state index contributed by atoms with van der Waals surface area (Å²) in [7, 11) is 1.51. The summed E-state index contributed by atoms with van der Waals surface area (Å²) in [4.78, 5) is 10.2. The third-order valence-corrected chi connectivity index (χ3v) is 0.750. The minimum Gasteiger partial charge on any atom is -0.357 e. The van der Waals surface area contributed by atoms with Gasteiger partial charge in [-0.25, -0.2) is 0 Å². The van der Waals surface area contributed by atoms with Crippen LogP contribution in [0.25, 0.3) is 0 Å². The maximum atomic E-state index is 10.2. The van der Waals surface area contributed by atoms with E-state index in [2.05, 4.69) is 17.9 Å². The highest BCUT2D eigenvalue weighted by molar-refractivity contribution is 7.81. The lowest BCUT2D eigenvalue weighted by molar-refractivity contribution is -0.119. The Morgan fingerprint density at radius 1 is 2.00 bits per heavy atom. The van der Waals surface area contributed by atoms with E-state index in [4.69, 9.17) is 5.73 Å². The van der Waals surface area contributed by atoms with Crippen molar-refractivity contribution >= 4 is 18.5 Å². The van der Waals surface area contributed by atoms with Gasteiger partial charge in [0.25, 0.3) is 0 Å². The lowest BCUT2D eigenvalue weighted by Gasteiger charge is -1.98. The summed E-state index contributed by atoms with van der Waals surface area (Å²) in [5, 5.41) is 1.63. The van der Waals surface area contributed by atoms with Crippen LogP contribution in [0, 0.1) is 0 Å². The first-order valence-corrected chi connectivity index (χ1v) is 2.35. The Bertz CT molecular complexity index is 73.3. The standard InChI is InChI=1S/C3H8N2OS/c1-5-3(6)2(4)7/h2,7H,4H2,1H3,(H,5,6)/t2-/m0/s1. The number of amides is 1. The topological polar surface area (TPSA) is 55.1 Å². The molecule has 0 aliphatic carbocycles. The Labute approximate surface area is 47.7 Å². The number of rotatable bonds is 1. The van der Waals surface area contributed by atoms with Gasteiger partial charge in [-0.15, -0.1) is 0 Å². The van der Waals surface area contributed by atoms with Gasteiger partial charge in [-0.2, -0.15) is 12.6 Å². The van der Waals surface area contributed by atoms with E-state index in [0.29, 0.717) is 0 Å². The number of nitrogens with one attached hydrogen (secondary N) is 1. The van der Waals surface area contributed by atoms with Gasteiger partial charge in [0.1, 0.15) is 5.37 Å². The number of likely N-dealkylation sites (N-methyl/N-ethyl adjacent to an activating group) is 1. The van der Waals surface area contributed by atoms with Crippen molar-refractivity contribution in [2.24, 2.45) is 5.73 Å². The third kappa shape index (κ3) is 2.47. The molecular weight excluding hydrogens is 112 g/mol. The number of hydrogen-bond donors (Lipinski definition) is 3. The molecule has 7 heavy (non-hydrogen) atoms. The van der Waals surface area contributed by atoms with E-state index >= 15 is 0 Å². The predicted molar refractivity (Wildman–Crippen MR) is 31.0 cm³/mol. The van der Waals surface area contributed by atoms with Gasteiger partial charge in [-0.1, -0.05) is 0 Å². The Kier molecular flexibility index (Phi) is 2.78. The molecule has 0 heterocycles. The molecule has 4 heteroatoms. The van der Waals surface area contributed by atoms with Gasteiger partial charge in [-0.05, 0) is 0 Å². The monoisotopic (exact) mass is 120 g/mol. The fourth-order valence-corrected chi connectivity index (χ4v) is 0.277. The molecule has 1 atom stereocenters. The second-order valence-corrected chi connectivity index (χ2v) is 1.62. The quantitative estimate of drug-likeness (QED) is 0.305. The van der Waals surface area contributed by atoms with Crippen molar-refractivity contribution < 1.29 is 4.79 Å². The van der Waals surface area contributed by atoms with Gasteiger partial charge < -0.3 is 11.1 Å². The molecular formula is C3H8N2OS. The molecule has 0 saturated carbocycles. The van der Waals surface area contributed by atoms with E-state index in [0.717, 1.165) is 0 Å². The van der Waals surface area contributed by atoms with Crippen molar-refractivity contribution in [3.63, 3.8) is 0 Å². The van der Waals surface area contributed by atoms with Crippen LogP contribution in [-0.4, -0.2) is 18.3 Å². The van der Waals surface area contributed by atoms with Crippen molar-refractivity contribution in [1.29, 1.82) is 0 Å². The van der Waals surface area contributed by atoms with Crippen LogP contribution in [0.2, 0.25) is 0 Å². The highest BCUT2D eigenvalue weighted by Gasteiger charge is 2.01. The molecule has 0 aliphatic heterocycles. The highest BCUT2D eigenvalue weighted by atomic mass is 32.1. The van der Waals surface area contributed by atoms with Gasteiger partial charge in [0.15, 0.2) is 0 Å². The van der Waals surface area contributed by atoms with Crippen molar-refractivity contribution in [3.05, 3.63) is 0 Å². The van der Waals surface area contributed by atoms with Crippen LogP contribution in [0.5, 0.6) is 0 Å². The first-order valence-electron chi connectivity index (χ1n) is 1.83. The Balaban J connectivity index is 3.35. The SMILES string of the molecule is CNC(=O)[C@@H](N)S. The van der Waals surface area contributed by atoms with Crippen LogP contribution in [0.1, 0.15) is 0 Å². The molecule has 0 aromatic carbocycles. The number of hydrogen-bond acceptors (Lipinski definition) is 3. The van der Waals surface area contributed by atoms with Crippen molar-refractivity contribution in [2.75, 3.05) is 7.05 Å². The molecule has 0 aromatic rings. The summed E-state index contributed by atoms with van der Waals surface area (Å²) in [6.45, 7) is 0. The van der Waals surface area contributed by atoms with E-state index in [1.165, 1.54) is 7.05 Å². The molecule has 0 rings (SSSR count). The Morgan fingerprint density at radius 3 is 2.43 bits per heavy atom. The fraction of sp³-hybridized carbons (Fsp3) is 0.667. The molecule has 0 fully saturated rings. The molecule has 42 valence electrons. The van der Waals surface area contributed by atoms with E-state index in [-0.39, 0.29) is 5.91 Å². The van der Waals surface area contributed by atoms with Crippen LogP contribution in [0.4, 0.5) is 0 Å². The van der Waals surface area contributed by atoms with Gasteiger partial charge >= 0.3 is 0 Å². The predicted octanol–water partition coefficient (Wildman–Crippen LogP) is -1.05. The van der Waals surface area contributed by atoms with E-state index in [9.17, 15) is 4.79 Å². The van der Waals surface area contributed by atoms with Gasteiger partial charge in [-0.3, -0.25) is 4.79 Å².